The summed E-state index contributed by atoms with van der Waals surface area (Å²) >= 11 is 0. The number of benzene rings is 1. The fourth-order valence-corrected chi connectivity index (χ4v) is 2.06. The Morgan fingerprint density at radius 2 is 1.96 bits per heavy atom. The van der Waals surface area contributed by atoms with Gasteiger partial charge in [-0.1, -0.05) is 0 Å². The highest BCUT2D eigenvalue weighted by molar-refractivity contribution is 5.89. The molecule has 0 atom stereocenters. The fraction of sp³-hybridized carbons (Fsp3) is 0.294. The standard InChI is InChI=1S/C17H20FN5O2/c1-23(16(24)7-6-15-12-19-8-9-20-15)11-10-21-17(25)22-14-4-2-13(18)3-5-14/h2-5,8-9,12H,6-7,10-11H2,1H3,(H2,21,22,25). The fourth-order valence-electron chi connectivity index (χ4n) is 2.06. The number of halogens is 1. The number of likely N-dealkylation sites (N-methyl/N-ethyl adjacent to an activating group) is 1. The van der Waals surface area contributed by atoms with Gasteiger partial charge in [-0.3, -0.25) is 14.8 Å². The highest BCUT2D eigenvalue weighted by atomic mass is 19.1. The van der Waals surface area contributed by atoms with E-state index in [0.29, 0.717) is 31.6 Å². The Morgan fingerprint density at radius 1 is 1.20 bits per heavy atom. The molecular weight excluding hydrogens is 325 g/mol. The van der Waals surface area contributed by atoms with Gasteiger partial charge in [0.1, 0.15) is 5.82 Å². The molecule has 0 fully saturated rings. The highest BCUT2D eigenvalue weighted by Gasteiger charge is 2.10. The molecule has 0 radical (unpaired) electrons. The van der Waals surface area contributed by atoms with Gasteiger partial charge in [0.05, 0.1) is 5.69 Å². The molecule has 0 aliphatic rings. The van der Waals surface area contributed by atoms with E-state index in [-0.39, 0.29) is 11.7 Å². The Kier molecular flexibility index (Phi) is 6.82. The lowest BCUT2D eigenvalue weighted by molar-refractivity contribution is -0.129. The molecule has 2 rings (SSSR count). The van der Waals surface area contributed by atoms with Crippen molar-refractivity contribution in [3.8, 4) is 0 Å². The van der Waals surface area contributed by atoms with Gasteiger partial charge in [-0.2, -0.15) is 0 Å². The van der Waals surface area contributed by atoms with Crippen molar-refractivity contribution in [2.24, 2.45) is 0 Å². The number of carbonyl (C=O) groups is 2. The molecule has 0 spiro atoms. The quantitative estimate of drug-likeness (QED) is 0.801. The smallest absolute Gasteiger partial charge is 0.319 e. The molecule has 0 aliphatic heterocycles. The van der Waals surface area contributed by atoms with E-state index in [0.717, 1.165) is 5.69 Å². The Hall–Kier alpha value is -3.03. The lowest BCUT2D eigenvalue weighted by Gasteiger charge is -2.17. The zero-order valence-corrected chi connectivity index (χ0v) is 13.9. The first-order chi connectivity index (χ1) is 12.0. The number of hydrogen-bond acceptors (Lipinski definition) is 4. The summed E-state index contributed by atoms with van der Waals surface area (Å²) in [6, 6.07) is 5.05. The summed E-state index contributed by atoms with van der Waals surface area (Å²) in [4.78, 5) is 33.4. The highest BCUT2D eigenvalue weighted by Crippen LogP contribution is 2.07. The summed E-state index contributed by atoms with van der Waals surface area (Å²) in [5, 5.41) is 5.23. The van der Waals surface area contributed by atoms with Gasteiger partial charge in [0.2, 0.25) is 5.91 Å². The average Bonchev–Trinajstić information content (AvgIpc) is 2.62. The first-order valence-corrected chi connectivity index (χ1v) is 7.84. The summed E-state index contributed by atoms with van der Waals surface area (Å²) in [5.74, 6) is -0.404. The van der Waals surface area contributed by atoms with Crippen molar-refractivity contribution in [3.05, 3.63) is 54.4 Å². The Labute approximate surface area is 145 Å². The van der Waals surface area contributed by atoms with Crippen LogP contribution in [0.15, 0.2) is 42.9 Å². The maximum atomic E-state index is 12.8. The molecule has 2 N–H and O–H groups in total. The van der Waals surface area contributed by atoms with Crippen LogP contribution in [0.5, 0.6) is 0 Å². The van der Waals surface area contributed by atoms with E-state index in [9.17, 15) is 14.0 Å². The normalized spacial score (nSPS) is 10.2. The van der Waals surface area contributed by atoms with Crippen LogP contribution >= 0.6 is 0 Å². The number of nitrogens with zero attached hydrogens (tertiary/aromatic N) is 3. The van der Waals surface area contributed by atoms with Crippen molar-refractivity contribution in [1.29, 1.82) is 0 Å². The molecule has 1 aromatic carbocycles. The molecular formula is C17H20FN5O2. The third-order valence-corrected chi connectivity index (χ3v) is 3.47. The van der Waals surface area contributed by atoms with Crippen molar-refractivity contribution in [1.82, 2.24) is 20.2 Å². The SMILES string of the molecule is CN(CCNC(=O)Nc1ccc(F)cc1)C(=O)CCc1cnccn1. The lowest BCUT2D eigenvalue weighted by Crippen LogP contribution is -2.38. The largest absolute Gasteiger partial charge is 0.344 e. The summed E-state index contributed by atoms with van der Waals surface area (Å²) in [5.41, 5.74) is 1.26. The first-order valence-electron chi connectivity index (χ1n) is 7.84. The number of aryl methyl sites for hydroxylation is 1. The van der Waals surface area contributed by atoms with Crippen molar-refractivity contribution in [2.75, 3.05) is 25.5 Å². The lowest BCUT2D eigenvalue weighted by atomic mass is 10.2. The Bertz CT molecular complexity index is 694. The van der Waals surface area contributed by atoms with Gasteiger partial charge in [-0.05, 0) is 30.7 Å². The number of urea groups is 1. The second-order valence-electron chi connectivity index (χ2n) is 5.40. The molecule has 132 valence electrons. The second-order valence-corrected chi connectivity index (χ2v) is 5.40. The zero-order valence-electron chi connectivity index (χ0n) is 13.9. The number of anilines is 1. The van der Waals surface area contributed by atoms with Gasteiger partial charge in [0.15, 0.2) is 0 Å². The van der Waals surface area contributed by atoms with E-state index < -0.39 is 6.03 Å². The topological polar surface area (TPSA) is 87.2 Å². The van der Waals surface area contributed by atoms with Crippen LogP contribution in [-0.4, -0.2) is 46.9 Å². The molecule has 7 nitrogen and oxygen atoms in total. The Balaban J connectivity index is 1.65. The van der Waals surface area contributed by atoms with E-state index in [1.165, 1.54) is 24.3 Å². The molecule has 0 saturated heterocycles. The van der Waals surface area contributed by atoms with Crippen molar-refractivity contribution >= 4 is 17.6 Å². The third kappa shape index (κ3) is 6.54. The molecule has 1 aromatic heterocycles. The third-order valence-electron chi connectivity index (χ3n) is 3.47. The van der Waals surface area contributed by atoms with Crippen LogP contribution in [0, 0.1) is 5.82 Å². The van der Waals surface area contributed by atoms with Crippen molar-refractivity contribution in [3.63, 3.8) is 0 Å². The Morgan fingerprint density at radius 3 is 2.64 bits per heavy atom. The predicted octanol–water partition coefficient (Wildman–Crippen LogP) is 1.83. The molecule has 0 bridgehead atoms. The molecule has 0 unspecified atom stereocenters. The van der Waals surface area contributed by atoms with E-state index in [4.69, 9.17) is 0 Å². The molecule has 3 amide bonds. The molecule has 2 aromatic rings. The van der Waals surface area contributed by atoms with Gasteiger partial charge in [0, 0.05) is 50.8 Å². The maximum absolute atomic E-state index is 12.8. The van der Waals surface area contributed by atoms with Crippen molar-refractivity contribution < 1.29 is 14.0 Å². The van der Waals surface area contributed by atoms with E-state index in [2.05, 4.69) is 20.6 Å². The van der Waals surface area contributed by atoms with Gasteiger partial charge >= 0.3 is 6.03 Å². The summed E-state index contributed by atoms with van der Waals surface area (Å²) in [6.45, 7) is 0.691. The van der Waals surface area contributed by atoms with Crippen LogP contribution in [-0.2, 0) is 11.2 Å². The van der Waals surface area contributed by atoms with E-state index in [1.54, 1.807) is 30.5 Å². The van der Waals surface area contributed by atoms with Crippen LogP contribution in [0.2, 0.25) is 0 Å². The predicted molar refractivity (Wildman–Crippen MR) is 91.4 cm³/mol. The van der Waals surface area contributed by atoms with Crippen LogP contribution < -0.4 is 10.6 Å². The minimum Gasteiger partial charge on any atom is -0.344 e. The first kappa shape index (κ1) is 18.3. The van der Waals surface area contributed by atoms with Gasteiger partial charge < -0.3 is 15.5 Å². The average molecular weight is 345 g/mol. The van der Waals surface area contributed by atoms with Gasteiger partial charge in [0.25, 0.3) is 0 Å². The number of carbonyl (C=O) groups excluding carboxylic acids is 2. The van der Waals surface area contributed by atoms with Gasteiger partial charge in [-0.15, -0.1) is 0 Å². The summed E-state index contributed by atoms with van der Waals surface area (Å²) in [7, 11) is 1.68. The van der Waals surface area contributed by atoms with E-state index in [1.807, 2.05) is 0 Å². The monoisotopic (exact) mass is 345 g/mol. The minimum atomic E-state index is -0.410. The molecule has 0 aliphatic carbocycles. The van der Waals surface area contributed by atoms with E-state index >= 15 is 0 Å². The molecule has 1 heterocycles. The second kappa shape index (κ2) is 9.31. The minimum absolute atomic E-state index is 0.0357. The number of aromatic nitrogens is 2. The van der Waals surface area contributed by atoms with Crippen LogP contribution in [0.1, 0.15) is 12.1 Å². The number of rotatable bonds is 7. The molecule has 0 saturated carbocycles. The maximum Gasteiger partial charge on any atom is 0.319 e. The number of hydrogen-bond donors (Lipinski definition) is 2. The molecule has 25 heavy (non-hydrogen) atoms. The van der Waals surface area contributed by atoms with Crippen molar-refractivity contribution in [2.45, 2.75) is 12.8 Å². The van der Waals surface area contributed by atoms with Crippen LogP contribution in [0.3, 0.4) is 0 Å². The van der Waals surface area contributed by atoms with Crippen LogP contribution in [0.25, 0.3) is 0 Å². The zero-order chi connectivity index (χ0) is 18.1. The molecule has 8 heteroatoms. The summed E-state index contributed by atoms with van der Waals surface area (Å²) < 4.78 is 12.8. The number of nitrogens with one attached hydrogen (secondary N) is 2. The number of amides is 3. The van der Waals surface area contributed by atoms with Gasteiger partial charge in [-0.25, -0.2) is 9.18 Å². The van der Waals surface area contributed by atoms with Crippen LogP contribution in [0.4, 0.5) is 14.9 Å². The summed E-state index contributed by atoms with van der Waals surface area (Å²) in [6.07, 6.45) is 5.66.